The summed E-state index contributed by atoms with van der Waals surface area (Å²) in [5.41, 5.74) is 1.71. The third-order valence-electron chi connectivity index (χ3n) is 3.78. The quantitative estimate of drug-likeness (QED) is 0.861. The Morgan fingerprint density at radius 1 is 1.33 bits per heavy atom. The Morgan fingerprint density at radius 3 is 2.78 bits per heavy atom. The lowest BCUT2D eigenvalue weighted by Gasteiger charge is -2.27. The van der Waals surface area contributed by atoms with E-state index in [4.69, 9.17) is 0 Å². The maximum Gasteiger partial charge on any atom is 0.251 e. The molecule has 0 aliphatic heterocycles. The van der Waals surface area contributed by atoms with Crippen molar-refractivity contribution in [3.63, 3.8) is 0 Å². The highest BCUT2D eigenvalue weighted by Crippen LogP contribution is 2.23. The third-order valence-corrected chi connectivity index (χ3v) is 3.78. The van der Waals surface area contributed by atoms with E-state index < -0.39 is 0 Å². The standard InChI is InChI=1S/C15H21NO2/c1-11-6-2-4-8-13(11)15(18)16-10-12-7-3-5-9-14(12)17/h2,4,6,8,12,14,17H,3,5,7,9-10H2,1H3,(H,16,18). The van der Waals surface area contributed by atoms with E-state index in [0.29, 0.717) is 6.54 Å². The molecule has 1 aromatic carbocycles. The lowest BCUT2D eigenvalue weighted by molar-refractivity contribution is 0.0663. The highest BCUT2D eigenvalue weighted by atomic mass is 16.3. The third kappa shape index (κ3) is 3.10. The zero-order valence-electron chi connectivity index (χ0n) is 10.9. The summed E-state index contributed by atoms with van der Waals surface area (Å²) in [6.07, 6.45) is 3.88. The van der Waals surface area contributed by atoms with Crippen LogP contribution in [0.15, 0.2) is 24.3 Å². The molecule has 3 heteroatoms. The first-order valence-electron chi connectivity index (χ1n) is 6.70. The van der Waals surface area contributed by atoms with Gasteiger partial charge in [-0.3, -0.25) is 4.79 Å². The predicted octanol–water partition coefficient (Wildman–Crippen LogP) is 2.28. The number of aliphatic hydroxyl groups excluding tert-OH is 1. The molecule has 2 N–H and O–H groups in total. The van der Waals surface area contributed by atoms with Gasteiger partial charge in [0.1, 0.15) is 0 Å². The van der Waals surface area contributed by atoms with E-state index in [2.05, 4.69) is 5.32 Å². The second-order valence-corrected chi connectivity index (χ2v) is 5.14. The van der Waals surface area contributed by atoms with Crippen molar-refractivity contribution >= 4 is 5.91 Å². The van der Waals surface area contributed by atoms with E-state index in [1.807, 2.05) is 31.2 Å². The van der Waals surface area contributed by atoms with Crippen LogP contribution in [0.25, 0.3) is 0 Å². The van der Waals surface area contributed by atoms with Crippen molar-refractivity contribution in [2.24, 2.45) is 5.92 Å². The minimum absolute atomic E-state index is 0.0362. The van der Waals surface area contributed by atoms with E-state index in [-0.39, 0.29) is 17.9 Å². The van der Waals surface area contributed by atoms with Gasteiger partial charge in [-0.25, -0.2) is 0 Å². The van der Waals surface area contributed by atoms with Gasteiger partial charge in [-0.1, -0.05) is 31.0 Å². The second-order valence-electron chi connectivity index (χ2n) is 5.14. The second kappa shape index (κ2) is 6.01. The summed E-state index contributed by atoms with van der Waals surface area (Å²) in [5.74, 6) is 0.178. The minimum Gasteiger partial charge on any atom is -0.393 e. The van der Waals surface area contributed by atoms with Crippen molar-refractivity contribution in [2.45, 2.75) is 38.7 Å². The number of nitrogens with one attached hydrogen (secondary N) is 1. The van der Waals surface area contributed by atoms with Crippen molar-refractivity contribution < 1.29 is 9.90 Å². The van der Waals surface area contributed by atoms with E-state index in [9.17, 15) is 9.90 Å². The average molecular weight is 247 g/mol. The molecule has 0 saturated heterocycles. The van der Waals surface area contributed by atoms with Gasteiger partial charge >= 0.3 is 0 Å². The molecule has 0 heterocycles. The Morgan fingerprint density at radius 2 is 2.06 bits per heavy atom. The first kappa shape index (κ1) is 13.1. The van der Waals surface area contributed by atoms with Gasteiger partial charge in [0.25, 0.3) is 5.91 Å². The molecule has 1 amide bonds. The number of hydrogen-bond acceptors (Lipinski definition) is 2. The fourth-order valence-corrected chi connectivity index (χ4v) is 2.57. The van der Waals surface area contributed by atoms with Gasteiger partial charge in [0.15, 0.2) is 0 Å². The Hall–Kier alpha value is -1.35. The Bertz CT molecular complexity index is 417. The molecule has 1 fully saturated rings. The molecule has 1 saturated carbocycles. The van der Waals surface area contributed by atoms with E-state index in [0.717, 1.165) is 36.8 Å². The number of rotatable bonds is 3. The topological polar surface area (TPSA) is 49.3 Å². The van der Waals surface area contributed by atoms with Gasteiger partial charge < -0.3 is 10.4 Å². The first-order chi connectivity index (χ1) is 8.68. The van der Waals surface area contributed by atoms with Crippen molar-refractivity contribution in [1.82, 2.24) is 5.32 Å². The molecule has 1 aromatic rings. The SMILES string of the molecule is Cc1ccccc1C(=O)NCC1CCCCC1O. The highest BCUT2D eigenvalue weighted by molar-refractivity contribution is 5.95. The van der Waals surface area contributed by atoms with Crippen LogP contribution in [0.2, 0.25) is 0 Å². The number of carbonyl (C=O) groups excluding carboxylic acids is 1. The van der Waals surface area contributed by atoms with E-state index in [1.165, 1.54) is 0 Å². The summed E-state index contributed by atoms with van der Waals surface area (Å²) >= 11 is 0. The molecule has 2 rings (SSSR count). The molecular weight excluding hydrogens is 226 g/mol. The fraction of sp³-hybridized carbons (Fsp3) is 0.533. The molecule has 0 spiro atoms. The molecule has 0 bridgehead atoms. The normalized spacial score (nSPS) is 23.7. The summed E-state index contributed by atoms with van der Waals surface area (Å²) in [7, 11) is 0. The first-order valence-corrected chi connectivity index (χ1v) is 6.70. The van der Waals surface area contributed by atoms with Crippen molar-refractivity contribution in [2.75, 3.05) is 6.54 Å². The summed E-state index contributed by atoms with van der Waals surface area (Å²) in [6.45, 7) is 2.51. The van der Waals surface area contributed by atoms with Crippen molar-refractivity contribution in [3.8, 4) is 0 Å². The number of carbonyl (C=O) groups is 1. The molecule has 1 aliphatic carbocycles. The van der Waals surface area contributed by atoms with Crippen LogP contribution in [0, 0.1) is 12.8 Å². The van der Waals surface area contributed by atoms with E-state index >= 15 is 0 Å². The van der Waals surface area contributed by atoms with Gasteiger partial charge in [0, 0.05) is 18.0 Å². The summed E-state index contributed by atoms with van der Waals surface area (Å²) in [6, 6.07) is 7.57. The number of hydrogen-bond donors (Lipinski definition) is 2. The smallest absolute Gasteiger partial charge is 0.251 e. The largest absolute Gasteiger partial charge is 0.393 e. The molecule has 98 valence electrons. The monoisotopic (exact) mass is 247 g/mol. The van der Waals surface area contributed by atoms with Crippen LogP contribution in [0.5, 0.6) is 0 Å². The van der Waals surface area contributed by atoms with Gasteiger partial charge in [-0.2, -0.15) is 0 Å². The maximum atomic E-state index is 12.0. The molecule has 3 nitrogen and oxygen atoms in total. The van der Waals surface area contributed by atoms with Crippen LogP contribution in [0.4, 0.5) is 0 Å². The van der Waals surface area contributed by atoms with Gasteiger partial charge in [0.05, 0.1) is 6.10 Å². The molecule has 2 unspecified atom stereocenters. The van der Waals surface area contributed by atoms with Crippen LogP contribution < -0.4 is 5.32 Å². The number of aryl methyl sites for hydroxylation is 1. The molecule has 0 aromatic heterocycles. The van der Waals surface area contributed by atoms with Crippen LogP contribution in [-0.2, 0) is 0 Å². The number of amides is 1. The van der Waals surface area contributed by atoms with Crippen LogP contribution in [0.1, 0.15) is 41.6 Å². The average Bonchev–Trinajstić information content (AvgIpc) is 2.38. The molecule has 2 atom stereocenters. The van der Waals surface area contributed by atoms with Crippen molar-refractivity contribution in [1.29, 1.82) is 0 Å². The number of aliphatic hydroxyl groups is 1. The lowest BCUT2D eigenvalue weighted by Crippen LogP contribution is -2.36. The van der Waals surface area contributed by atoms with E-state index in [1.54, 1.807) is 0 Å². The van der Waals surface area contributed by atoms with Crippen LogP contribution in [0.3, 0.4) is 0 Å². The molecule has 18 heavy (non-hydrogen) atoms. The van der Waals surface area contributed by atoms with Gasteiger partial charge in [-0.15, -0.1) is 0 Å². The summed E-state index contributed by atoms with van der Waals surface area (Å²) in [4.78, 5) is 12.0. The molecule has 0 radical (unpaired) electrons. The van der Waals surface area contributed by atoms with Gasteiger partial charge in [-0.05, 0) is 31.4 Å². The minimum atomic E-state index is -0.254. The zero-order chi connectivity index (χ0) is 13.0. The summed E-state index contributed by atoms with van der Waals surface area (Å²) < 4.78 is 0. The fourth-order valence-electron chi connectivity index (χ4n) is 2.57. The zero-order valence-corrected chi connectivity index (χ0v) is 10.9. The van der Waals surface area contributed by atoms with Crippen LogP contribution >= 0.6 is 0 Å². The van der Waals surface area contributed by atoms with Gasteiger partial charge in [0.2, 0.25) is 0 Å². The van der Waals surface area contributed by atoms with Crippen LogP contribution in [-0.4, -0.2) is 23.7 Å². The lowest BCUT2D eigenvalue weighted by atomic mass is 9.86. The maximum absolute atomic E-state index is 12.0. The highest BCUT2D eigenvalue weighted by Gasteiger charge is 2.23. The Kier molecular flexibility index (Phi) is 4.37. The Labute approximate surface area is 108 Å². The molecular formula is C15H21NO2. The van der Waals surface area contributed by atoms with Crippen molar-refractivity contribution in [3.05, 3.63) is 35.4 Å². The summed E-state index contributed by atoms with van der Waals surface area (Å²) in [5, 5.41) is 12.8. The number of benzene rings is 1. The molecule has 1 aliphatic rings. The Balaban J connectivity index is 1.90. The predicted molar refractivity (Wildman–Crippen MR) is 71.5 cm³/mol.